The van der Waals surface area contributed by atoms with Crippen LogP contribution in [0.5, 0.6) is 11.9 Å². The van der Waals surface area contributed by atoms with Gasteiger partial charge in [-0.2, -0.15) is 15.5 Å². The highest BCUT2D eigenvalue weighted by atomic mass is 79.9. The summed E-state index contributed by atoms with van der Waals surface area (Å²) < 4.78 is 34.3. The number of nitrogens with one attached hydrogen (secondary N) is 1. The standard InChI is InChI=1S/C20H21N3O5.C16H18BrNO3.C10H20N2O2Si2/c1-12(2)16-13(3)17(27-18(25)14-7-5-4-6-8-14)20(11-21,28-16)23-10-9-15(24)22-19(23)26;1-10(2)13-11(3)14(16(17,9-18)21-13)20-15(19)12-7-5-4-6-8-12;1-15(2,3)13-9-7-8-11-10(12-9)14-16(4,5)6/h4-10,12-13,16-17H,1-3H3,(H,22,24,26);4-8,10-11,13-14H,1-3H3;7-8H,1-6H3/t13-,16-,17-,20-;11-,13-,14-,16?;/m11./s1. The van der Waals surface area contributed by atoms with E-state index in [1.807, 2.05) is 53.7 Å². The van der Waals surface area contributed by atoms with Gasteiger partial charge in [0.05, 0.1) is 23.3 Å². The molecule has 0 spiro atoms. The summed E-state index contributed by atoms with van der Waals surface area (Å²) >= 11 is 3.30. The van der Waals surface area contributed by atoms with Gasteiger partial charge in [0.2, 0.25) is 27.0 Å². The van der Waals surface area contributed by atoms with Crippen LogP contribution < -0.4 is 20.1 Å². The fraction of sp³-hybridized carbons (Fsp3) is 0.478. The van der Waals surface area contributed by atoms with Crippen molar-refractivity contribution in [2.24, 2.45) is 23.7 Å². The number of carbonyl (C=O) groups excluding carboxylic acids is 2. The molecular formula is C46H59BrN6O10Si2. The molecule has 2 aromatic heterocycles. The molecule has 0 radical (unpaired) electrons. The third kappa shape index (κ3) is 13.6. The number of esters is 2. The Hall–Kier alpha value is -5.45. The molecular weight excluding hydrogens is 933 g/mol. The highest BCUT2D eigenvalue weighted by Gasteiger charge is 2.59. The van der Waals surface area contributed by atoms with Crippen molar-refractivity contribution in [3.8, 4) is 24.0 Å². The molecule has 0 aliphatic carbocycles. The molecule has 4 heterocycles. The van der Waals surface area contributed by atoms with Crippen LogP contribution in [0, 0.1) is 46.3 Å². The summed E-state index contributed by atoms with van der Waals surface area (Å²) in [4.78, 5) is 59.2. The number of carbonyl (C=O) groups is 2. The van der Waals surface area contributed by atoms with Gasteiger partial charge in [0, 0.05) is 36.4 Å². The van der Waals surface area contributed by atoms with E-state index < -0.39 is 68.4 Å². The third-order valence-electron chi connectivity index (χ3n) is 10.1. The first-order chi connectivity index (χ1) is 30.3. The van der Waals surface area contributed by atoms with E-state index in [0.29, 0.717) is 23.0 Å². The molecule has 2 saturated heterocycles. The van der Waals surface area contributed by atoms with Crippen LogP contribution in [-0.4, -0.2) is 77.0 Å². The lowest BCUT2D eigenvalue weighted by Crippen LogP contribution is -2.51. The molecule has 2 aliphatic heterocycles. The number of nitriles is 2. The van der Waals surface area contributed by atoms with E-state index >= 15 is 0 Å². The first-order valence-corrected chi connectivity index (χ1v) is 28.9. The predicted molar refractivity (Wildman–Crippen MR) is 251 cm³/mol. The lowest BCUT2D eigenvalue weighted by Gasteiger charge is -2.29. The topological polar surface area (TPSA) is 218 Å². The fourth-order valence-corrected chi connectivity index (χ4v) is 9.40. The summed E-state index contributed by atoms with van der Waals surface area (Å²) in [6.45, 7) is 24.3. The Morgan fingerprint density at radius 3 is 1.71 bits per heavy atom. The SMILES string of the molecule is CC(C)[C@H]1OC(Br)(C#N)[C@H](OC(=O)c2ccccc2)[C@@H]1C.CC(C)[C@H]1O[C@@](C#N)(n2ccc(=O)[nH]c2=O)[C@H](OC(=O)c2ccccc2)[C@@H]1C.C[Si](C)(C)Oc1ccnc(O[Si](C)(C)C)n1. The monoisotopic (exact) mass is 990 g/mol. The van der Waals surface area contributed by atoms with Crippen LogP contribution in [0.1, 0.15) is 62.3 Å². The molecule has 348 valence electrons. The molecule has 0 bridgehead atoms. The van der Waals surface area contributed by atoms with Crippen LogP contribution in [0.4, 0.5) is 0 Å². The lowest BCUT2D eigenvalue weighted by atomic mass is 9.89. The maximum atomic E-state index is 12.7. The van der Waals surface area contributed by atoms with Gasteiger partial charge in [0.25, 0.3) is 11.3 Å². The highest BCUT2D eigenvalue weighted by molar-refractivity contribution is 9.10. The van der Waals surface area contributed by atoms with Crippen LogP contribution >= 0.6 is 15.9 Å². The van der Waals surface area contributed by atoms with Gasteiger partial charge in [-0.3, -0.25) is 14.3 Å². The van der Waals surface area contributed by atoms with Gasteiger partial charge in [-0.1, -0.05) is 77.9 Å². The Morgan fingerprint density at radius 2 is 1.25 bits per heavy atom. The predicted octanol–water partition coefficient (Wildman–Crippen LogP) is 8.05. The average molecular weight is 992 g/mol. The van der Waals surface area contributed by atoms with E-state index in [1.165, 1.54) is 6.20 Å². The molecule has 4 aromatic rings. The van der Waals surface area contributed by atoms with Crippen molar-refractivity contribution in [2.75, 3.05) is 0 Å². The second-order valence-corrected chi connectivity index (χ2v) is 28.4. The van der Waals surface area contributed by atoms with Gasteiger partial charge in [0.1, 0.15) is 12.1 Å². The minimum atomic E-state index is -1.89. The molecule has 6 rings (SSSR count). The van der Waals surface area contributed by atoms with Crippen LogP contribution in [0.2, 0.25) is 39.3 Å². The Kier molecular flexibility index (Phi) is 17.4. The molecule has 19 heteroatoms. The number of hydrogen-bond acceptors (Lipinski definition) is 14. The zero-order valence-electron chi connectivity index (χ0n) is 38.9. The molecule has 8 atom stereocenters. The summed E-state index contributed by atoms with van der Waals surface area (Å²) in [5.74, 6) is -0.667. The molecule has 2 aromatic carbocycles. The average Bonchev–Trinajstić information content (AvgIpc) is 3.66. The van der Waals surface area contributed by atoms with E-state index in [4.69, 9.17) is 27.8 Å². The molecule has 2 fully saturated rings. The molecule has 1 unspecified atom stereocenters. The van der Waals surface area contributed by atoms with Crippen molar-refractivity contribution in [1.29, 1.82) is 10.5 Å². The molecule has 0 saturated carbocycles. The summed E-state index contributed by atoms with van der Waals surface area (Å²) in [7, 11) is -3.26. The zero-order valence-corrected chi connectivity index (χ0v) is 42.5. The van der Waals surface area contributed by atoms with Crippen molar-refractivity contribution >= 4 is 44.5 Å². The fourth-order valence-electron chi connectivity index (χ4n) is 7.29. The maximum Gasteiger partial charge on any atom is 0.338 e. The Balaban J connectivity index is 0.000000223. The molecule has 1 N–H and O–H groups in total. The van der Waals surface area contributed by atoms with E-state index in [0.717, 1.165) is 10.6 Å². The van der Waals surface area contributed by atoms with Crippen molar-refractivity contribution < 1.29 is 37.4 Å². The maximum absolute atomic E-state index is 12.7. The van der Waals surface area contributed by atoms with Crippen LogP contribution in [0.3, 0.4) is 0 Å². The van der Waals surface area contributed by atoms with E-state index in [9.17, 15) is 29.7 Å². The number of benzene rings is 2. The number of ether oxygens (including phenoxy) is 4. The third-order valence-corrected chi connectivity index (χ3v) is 12.5. The van der Waals surface area contributed by atoms with E-state index in [2.05, 4.69) is 76.2 Å². The van der Waals surface area contributed by atoms with Gasteiger partial charge in [-0.25, -0.2) is 19.4 Å². The number of rotatable bonds is 11. The first-order valence-electron chi connectivity index (χ1n) is 21.3. The highest BCUT2D eigenvalue weighted by Crippen LogP contribution is 2.45. The van der Waals surface area contributed by atoms with Crippen LogP contribution in [-0.2, 0) is 24.7 Å². The van der Waals surface area contributed by atoms with Crippen LogP contribution in [0.15, 0.2) is 94.8 Å². The number of hydrogen-bond donors (Lipinski definition) is 1. The summed E-state index contributed by atoms with van der Waals surface area (Å²) in [6, 6.07) is 24.5. The van der Waals surface area contributed by atoms with Gasteiger partial charge in [0.15, 0.2) is 12.2 Å². The number of aromatic amines is 1. The zero-order chi connectivity index (χ0) is 48.5. The first kappa shape index (κ1) is 52.2. The number of H-pyrrole nitrogens is 1. The largest absolute Gasteiger partial charge is 0.531 e. The van der Waals surface area contributed by atoms with Crippen molar-refractivity contribution in [2.45, 2.75) is 115 Å². The van der Waals surface area contributed by atoms with Gasteiger partial charge in [-0.15, -0.1) is 0 Å². The molecule has 0 amide bonds. The number of nitrogens with zero attached hydrogens (tertiary/aromatic N) is 5. The minimum absolute atomic E-state index is 0.00150. The van der Waals surface area contributed by atoms with Crippen LogP contribution in [0.25, 0.3) is 0 Å². The quantitative estimate of drug-likeness (QED) is 0.0855. The Bertz CT molecular complexity index is 2420. The second-order valence-electron chi connectivity index (χ2n) is 18.4. The number of halogens is 1. The second kappa shape index (κ2) is 21.7. The van der Waals surface area contributed by atoms with Gasteiger partial charge in [-0.05, 0) is 91.3 Å². The smallest absolute Gasteiger partial charge is 0.338 e. The molecule has 65 heavy (non-hydrogen) atoms. The van der Waals surface area contributed by atoms with Gasteiger partial charge < -0.3 is 27.8 Å². The summed E-state index contributed by atoms with van der Waals surface area (Å²) in [5, 5.41) is 19.4. The molecule has 16 nitrogen and oxygen atoms in total. The van der Waals surface area contributed by atoms with Crippen molar-refractivity contribution in [1.82, 2.24) is 19.5 Å². The van der Waals surface area contributed by atoms with E-state index in [1.54, 1.807) is 66.9 Å². The Morgan fingerprint density at radius 1 is 0.754 bits per heavy atom. The van der Waals surface area contributed by atoms with Crippen molar-refractivity contribution in [3.63, 3.8) is 0 Å². The number of aromatic nitrogens is 4. The summed E-state index contributed by atoms with van der Waals surface area (Å²) in [6.07, 6.45) is 0.578. The number of alkyl halides is 1. The van der Waals surface area contributed by atoms with Gasteiger partial charge >= 0.3 is 23.6 Å². The minimum Gasteiger partial charge on any atom is -0.531 e. The normalized spacial score (nSPS) is 24.9. The summed E-state index contributed by atoms with van der Waals surface area (Å²) in [5.41, 5.74) is -2.51. The lowest BCUT2D eigenvalue weighted by molar-refractivity contribution is -0.113. The van der Waals surface area contributed by atoms with Crippen molar-refractivity contribution in [3.05, 3.63) is 117 Å². The van der Waals surface area contributed by atoms with E-state index in [-0.39, 0.29) is 29.8 Å². The molecule has 2 aliphatic rings. The Labute approximate surface area is 390 Å².